The van der Waals surface area contributed by atoms with Crippen LogP contribution in [0.25, 0.3) is 0 Å². The molecule has 2 atom stereocenters. The van der Waals surface area contributed by atoms with E-state index in [1.807, 2.05) is 68.6 Å². The molecule has 3 amide bonds. The second kappa shape index (κ2) is 8.44. The molecule has 1 aliphatic heterocycles. The molecule has 3 rings (SSSR count). The molecule has 28 heavy (non-hydrogen) atoms. The minimum Gasteiger partial charge on any atom is -0.497 e. The number of amides is 3. The Morgan fingerprint density at radius 2 is 1.71 bits per heavy atom. The van der Waals surface area contributed by atoms with Crippen molar-refractivity contribution < 1.29 is 19.2 Å². The molecule has 0 bridgehead atoms. The number of imide groups is 1. The zero-order valence-corrected chi connectivity index (χ0v) is 16.7. The maximum atomic E-state index is 12.9. The van der Waals surface area contributed by atoms with Gasteiger partial charge >= 0.3 is 6.03 Å². The van der Waals surface area contributed by atoms with Crippen LogP contribution in [0.4, 0.5) is 4.79 Å². The summed E-state index contributed by atoms with van der Waals surface area (Å²) in [5.41, 5.74) is 1.43. The number of hydrogen-bond donors (Lipinski definition) is 2. The lowest BCUT2D eigenvalue weighted by Gasteiger charge is -2.23. The van der Waals surface area contributed by atoms with Crippen molar-refractivity contribution in [1.82, 2.24) is 10.2 Å². The van der Waals surface area contributed by atoms with Crippen molar-refractivity contribution in [3.8, 4) is 5.75 Å². The smallest absolute Gasteiger partial charge is 0.329 e. The lowest BCUT2D eigenvalue weighted by molar-refractivity contribution is -0.901. The minimum absolute atomic E-state index is 0.150. The van der Waals surface area contributed by atoms with Crippen molar-refractivity contribution >= 4 is 11.9 Å². The number of nitrogens with one attached hydrogen (secondary N) is 2. The second-order valence-corrected chi connectivity index (χ2v) is 7.62. The Kier molecular flexibility index (Phi) is 5.99. The molecule has 6 heteroatoms. The Balaban J connectivity index is 1.59. The quantitative estimate of drug-likeness (QED) is 0.682. The van der Waals surface area contributed by atoms with Gasteiger partial charge in [0.15, 0.2) is 6.67 Å². The fraction of sp³-hybridized carbons (Fsp3) is 0.364. The van der Waals surface area contributed by atoms with Crippen molar-refractivity contribution in [2.45, 2.75) is 31.8 Å². The molecule has 0 aliphatic carbocycles. The summed E-state index contributed by atoms with van der Waals surface area (Å²) in [4.78, 5) is 27.8. The van der Waals surface area contributed by atoms with Crippen LogP contribution in [0.5, 0.6) is 5.75 Å². The van der Waals surface area contributed by atoms with E-state index in [4.69, 9.17) is 4.74 Å². The molecule has 0 aromatic heterocycles. The summed E-state index contributed by atoms with van der Waals surface area (Å²) in [6.45, 7) is 2.86. The number of methoxy groups -OCH3 is 1. The normalized spacial score (nSPS) is 20.2. The third-order valence-electron chi connectivity index (χ3n) is 5.19. The van der Waals surface area contributed by atoms with Crippen LogP contribution in [-0.2, 0) is 17.8 Å². The summed E-state index contributed by atoms with van der Waals surface area (Å²) in [6, 6.07) is 17.5. The molecule has 6 nitrogen and oxygen atoms in total. The maximum Gasteiger partial charge on any atom is 0.329 e. The molecule has 2 N–H and O–H groups in total. The fourth-order valence-electron chi connectivity index (χ4n) is 3.52. The summed E-state index contributed by atoms with van der Waals surface area (Å²) >= 11 is 0. The van der Waals surface area contributed by atoms with Gasteiger partial charge in [0, 0.05) is 5.56 Å². The van der Waals surface area contributed by atoms with Gasteiger partial charge in [-0.3, -0.25) is 4.79 Å². The summed E-state index contributed by atoms with van der Waals surface area (Å²) in [5.74, 6) is 0.659. The standard InChI is InChI=1S/C22H27N3O3/c1-22(14-13-17-7-5-4-6-8-17)20(26)25(21(27)23-22)16-24(2)15-18-9-11-19(28-3)12-10-18/h4-12H,13-16H2,1-3H3,(H,23,27)/p+1/t22-/m1/s1. The Morgan fingerprint density at radius 3 is 2.36 bits per heavy atom. The largest absolute Gasteiger partial charge is 0.497 e. The number of nitrogens with zero attached hydrogens (tertiary/aromatic N) is 1. The first-order chi connectivity index (χ1) is 13.4. The lowest BCUT2D eigenvalue weighted by Crippen LogP contribution is -3.09. The first kappa shape index (κ1) is 19.9. The average molecular weight is 382 g/mol. The van der Waals surface area contributed by atoms with Crippen molar-refractivity contribution in [2.24, 2.45) is 0 Å². The summed E-state index contributed by atoms with van der Waals surface area (Å²) in [6.07, 6.45) is 1.32. The molecule has 0 spiro atoms. The number of rotatable bonds is 8. The van der Waals surface area contributed by atoms with Crippen LogP contribution < -0.4 is 15.0 Å². The van der Waals surface area contributed by atoms with E-state index in [1.165, 1.54) is 4.90 Å². The fourth-order valence-corrected chi connectivity index (χ4v) is 3.52. The molecule has 1 fully saturated rings. The highest BCUT2D eigenvalue weighted by molar-refractivity contribution is 6.06. The van der Waals surface area contributed by atoms with E-state index < -0.39 is 5.54 Å². The predicted molar refractivity (Wildman–Crippen MR) is 107 cm³/mol. The molecule has 148 valence electrons. The lowest BCUT2D eigenvalue weighted by atomic mass is 9.93. The van der Waals surface area contributed by atoms with E-state index in [0.29, 0.717) is 19.6 Å². The molecule has 1 unspecified atom stereocenters. The average Bonchev–Trinajstić information content (AvgIpc) is 2.91. The molecule has 1 saturated heterocycles. The van der Waals surface area contributed by atoms with Crippen LogP contribution in [0.3, 0.4) is 0 Å². The predicted octanol–water partition coefficient (Wildman–Crippen LogP) is 1.61. The minimum atomic E-state index is -0.854. The Bertz CT molecular complexity index is 823. The van der Waals surface area contributed by atoms with Gasteiger partial charge in [0.05, 0.1) is 14.2 Å². The summed E-state index contributed by atoms with van der Waals surface area (Å²) in [7, 11) is 3.61. The molecular formula is C22H28N3O3+. The third-order valence-corrected chi connectivity index (χ3v) is 5.19. The van der Waals surface area contributed by atoms with E-state index in [-0.39, 0.29) is 11.9 Å². The van der Waals surface area contributed by atoms with E-state index >= 15 is 0 Å². The molecule has 2 aromatic rings. The maximum absolute atomic E-state index is 12.9. The van der Waals surface area contributed by atoms with Crippen LogP contribution in [0, 0.1) is 0 Å². The van der Waals surface area contributed by atoms with Gasteiger partial charge in [0.25, 0.3) is 5.91 Å². The molecule has 0 saturated carbocycles. The summed E-state index contributed by atoms with van der Waals surface area (Å²) in [5, 5.41) is 2.89. The van der Waals surface area contributed by atoms with Crippen molar-refractivity contribution in [1.29, 1.82) is 0 Å². The number of hydrogen-bond acceptors (Lipinski definition) is 3. The van der Waals surface area contributed by atoms with Crippen molar-refractivity contribution in [2.75, 3.05) is 20.8 Å². The van der Waals surface area contributed by atoms with Crippen LogP contribution in [0.2, 0.25) is 0 Å². The first-order valence-corrected chi connectivity index (χ1v) is 9.53. The van der Waals surface area contributed by atoms with Gasteiger partial charge in [-0.25, -0.2) is 9.69 Å². The number of carbonyl (C=O) groups excluding carboxylic acids is 2. The Morgan fingerprint density at radius 1 is 1.04 bits per heavy atom. The van der Waals surface area contributed by atoms with Gasteiger partial charge in [-0.05, 0) is 49.6 Å². The van der Waals surface area contributed by atoms with E-state index in [0.717, 1.165) is 28.2 Å². The van der Waals surface area contributed by atoms with Gasteiger partial charge in [-0.2, -0.15) is 0 Å². The molecular weight excluding hydrogens is 354 g/mol. The van der Waals surface area contributed by atoms with Gasteiger partial charge in [0.2, 0.25) is 0 Å². The SMILES string of the molecule is COc1ccc(C[NH+](C)CN2C(=O)N[C@](C)(CCc3ccccc3)C2=O)cc1. The van der Waals surface area contributed by atoms with Gasteiger partial charge in [0.1, 0.15) is 17.8 Å². The second-order valence-electron chi connectivity index (χ2n) is 7.62. The monoisotopic (exact) mass is 382 g/mol. The molecule has 1 heterocycles. The van der Waals surface area contributed by atoms with Gasteiger partial charge in [-0.15, -0.1) is 0 Å². The van der Waals surface area contributed by atoms with Crippen LogP contribution in [0.1, 0.15) is 24.5 Å². The zero-order valence-electron chi connectivity index (χ0n) is 16.7. The van der Waals surface area contributed by atoms with Crippen LogP contribution in [-0.4, -0.2) is 43.2 Å². The summed E-state index contributed by atoms with van der Waals surface area (Å²) < 4.78 is 5.18. The molecule has 0 radical (unpaired) electrons. The van der Waals surface area contributed by atoms with E-state index in [9.17, 15) is 9.59 Å². The zero-order chi connectivity index (χ0) is 20.1. The van der Waals surface area contributed by atoms with Crippen molar-refractivity contribution in [3.63, 3.8) is 0 Å². The van der Waals surface area contributed by atoms with Crippen molar-refractivity contribution in [3.05, 3.63) is 65.7 Å². The Hall–Kier alpha value is -2.86. The van der Waals surface area contributed by atoms with E-state index in [2.05, 4.69) is 5.32 Å². The third kappa shape index (κ3) is 4.51. The highest BCUT2D eigenvalue weighted by Crippen LogP contribution is 2.22. The highest BCUT2D eigenvalue weighted by Gasteiger charge is 2.48. The van der Waals surface area contributed by atoms with Crippen LogP contribution in [0.15, 0.2) is 54.6 Å². The van der Waals surface area contributed by atoms with Gasteiger partial charge < -0.3 is 15.0 Å². The van der Waals surface area contributed by atoms with E-state index in [1.54, 1.807) is 7.11 Å². The number of benzene rings is 2. The molecule has 1 aliphatic rings. The number of carbonyl (C=O) groups is 2. The highest BCUT2D eigenvalue weighted by atomic mass is 16.5. The Labute approximate surface area is 166 Å². The molecule has 2 aromatic carbocycles. The number of urea groups is 1. The van der Waals surface area contributed by atoms with Crippen LogP contribution >= 0.6 is 0 Å². The topological polar surface area (TPSA) is 63.1 Å². The van der Waals surface area contributed by atoms with Gasteiger partial charge in [-0.1, -0.05) is 30.3 Å². The number of quaternary nitrogens is 1. The number of aryl methyl sites for hydroxylation is 1. The first-order valence-electron chi connectivity index (χ1n) is 9.53. The number of ether oxygens (including phenoxy) is 1.